The van der Waals surface area contributed by atoms with E-state index in [4.69, 9.17) is 18.5 Å². The van der Waals surface area contributed by atoms with E-state index < -0.39 is 63.1 Å². The number of phosphoric ester groups is 1. The van der Waals surface area contributed by atoms with Gasteiger partial charge in [0.2, 0.25) is 0 Å². The Hall–Kier alpha value is -2.74. The first-order valence-electron chi connectivity index (χ1n) is 26.1. The van der Waals surface area contributed by atoms with Gasteiger partial charge < -0.3 is 39.9 Å². The fourth-order valence-corrected chi connectivity index (χ4v) is 8.30. The van der Waals surface area contributed by atoms with E-state index in [9.17, 15) is 39.8 Å². The van der Waals surface area contributed by atoms with Crippen LogP contribution in [0.15, 0.2) is 97.2 Å². The molecule has 0 spiro atoms. The third kappa shape index (κ3) is 35.4. The summed E-state index contributed by atoms with van der Waals surface area (Å²) in [5.41, 5.74) is 0. The number of hydrogen-bond donors (Lipinski definition) is 6. The highest BCUT2D eigenvalue weighted by atomic mass is 31.2. The molecule has 0 radical (unpaired) electrons. The van der Waals surface area contributed by atoms with Crippen molar-refractivity contribution in [1.82, 2.24) is 0 Å². The van der Waals surface area contributed by atoms with Crippen LogP contribution in [0.5, 0.6) is 0 Å². The van der Waals surface area contributed by atoms with Gasteiger partial charge in [-0.15, -0.1) is 0 Å². The lowest BCUT2D eigenvalue weighted by molar-refractivity contribution is -0.220. The van der Waals surface area contributed by atoms with Crippen LogP contribution in [-0.4, -0.2) is 98.9 Å². The molecule has 1 aliphatic carbocycles. The topological polar surface area (TPSA) is 192 Å². The zero-order valence-corrected chi connectivity index (χ0v) is 42.8. The van der Waals surface area contributed by atoms with E-state index in [2.05, 4.69) is 111 Å². The molecule has 1 saturated carbocycles. The Morgan fingerprint density at radius 1 is 0.485 bits per heavy atom. The zero-order chi connectivity index (χ0) is 49.8. The summed E-state index contributed by atoms with van der Waals surface area (Å²) in [4.78, 5) is 23.2. The summed E-state index contributed by atoms with van der Waals surface area (Å²) >= 11 is 0. The SMILES string of the molecule is CC/C=C\C/C=C\C/C=C\C/C=C\C/C=C\C/C=C\C/C=C\CCCCOCC(COP(=O)(O)OC1C(O)C(O)C(O)C(O)C1O)OC(=O)CCCCCCCCC/C=C\CCCCCCCC. The molecule has 0 aliphatic heterocycles. The van der Waals surface area contributed by atoms with Crippen LogP contribution in [0.4, 0.5) is 0 Å². The van der Waals surface area contributed by atoms with Crippen molar-refractivity contribution in [2.45, 2.75) is 224 Å². The first-order valence-corrected chi connectivity index (χ1v) is 27.6. The van der Waals surface area contributed by atoms with Crippen LogP contribution in [0.25, 0.3) is 0 Å². The Balaban J connectivity index is 2.39. The number of phosphoric acid groups is 1. The number of aliphatic hydroxyl groups excluding tert-OH is 5. The monoisotopic (exact) mass is 977 g/mol. The second-order valence-electron chi connectivity index (χ2n) is 17.6. The Morgan fingerprint density at radius 3 is 1.34 bits per heavy atom. The van der Waals surface area contributed by atoms with Crippen LogP contribution in [0.2, 0.25) is 0 Å². The normalized spacial score (nSPS) is 21.9. The van der Waals surface area contributed by atoms with Crippen LogP contribution in [0.1, 0.15) is 181 Å². The summed E-state index contributed by atoms with van der Waals surface area (Å²) in [5.74, 6) is -0.501. The molecule has 1 aliphatic rings. The summed E-state index contributed by atoms with van der Waals surface area (Å²) in [6.07, 6.45) is 49.0. The number of carbonyl (C=O) groups is 1. The van der Waals surface area contributed by atoms with Crippen molar-refractivity contribution in [2.75, 3.05) is 19.8 Å². The first-order chi connectivity index (χ1) is 33.0. The lowest BCUT2D eigenvalue weighted by Gasteiger charge is -2.41. The van der Waals surface area contributed by atoms with E-state index in [0.717, 1.165) is 96.3 Å². The fraction of sp³-hybridized carbons (Fsp3) is 0.691. The van der Waals surface area contributed by atoms with Crippen molar-refractivity contribution in [2.24, 2.45) is 0 Å². The van der Waals surface area contributed by atoms with E-state index >= 15 is 0 Å². The molecule has 0 saturated heterocycles. The predicted molar refractivity (Wildman–Crippen MR) is 276 cm³/mol. The third-order valence-corrected chi connectivity index (χ3v) is 12.4. The molecule has 0 aromatic heterocycles. The Morgan fingerprint density at radius 2 is 0.868 bits per heavy atom. The minimum Gasteiger partial charge on any atom is -0.457 e. The second kappa shape index (κ2) is 44.2. The summed E-state index contributed by atoms with van der Waals surface area (Å²) in [6.45, 7) is 4.03. The van der Waals surface area contributed by atoms with Gasteiger partial charge in [0.25, 0.3) is 0 Å². The number of allylic oxidation sites excluding steroid dienone is 16. The number of unbranched alkanes of at least 4 members (excludes halogenated alkanes) is 15. The van der Waals surface area contributed by atoms with Gasteiger partial charge in [-0.05, 0) is 96.3 Å². The minimum atomic E-state index is -5.04. The molecule has 0 aromatic rings. The van der Waals surface area contributed by atoms with Crippen LogP contribution < -0.4 is 0 Å². The molecule has 0 bridgehead atoms. The molecular weight excluding hydrogens is 884 g/mol. The van der Waals surface area contributed by atoms with Crippen LogP contribution >= 0.6 is 7.82 Å². The molecule has 68 heavy (non-hydrogen) atoms. The van der Waals surface area contributed by atoms with Gasteiger partial charge in [-0.25, -0.2) is 4.57 Å². The van der Waals surface area contributed by atoms with Crippen LogP contribution in [0.3, 0.4) is 0 Å². The van der Waals surface area contributed by atoms with Gasteiger partial charge >= 0.3 is 13.8 Å². The number of aliphatic hydroxyl groups is 5. The highest BCUT2D eigenvalue weighted by Gasteiger charge is 2.51. The minimum absolute atomic E-state index is 0.114. The lowest BCUT2D eigenvalue weighted by Crippen LogP contribution is -2.64. The molecule has 12 nitrogen and oxygen atoms in total. The molecule has 0 aromatic carbocycles. The van der Waals surface area contributed by atoms with E-state index in [0.29, 0.717) is 13.0 Å². The van der Waals surface area contributed by atoms with E-state index in [1.54, 1.807) is 0 Å². The maximum Gasteiger partial charge on any atom is 0.472 e. The number of rotatable bonds is 43. The third-order valence-electron chi connectivity index (χ3n) is 11.4. The highest BCUT2D eigenvalue weighted by Crippen LogP contribution is 2.47. The number of esters is 1. The highest BCUT2D eigenvalue weighted by molar-refractivity contribution is 7.47. The van der Waals surface area contributed by atoms with E-state index in [1.165, 1.54) is 57.8 Å². The Kier molecular flexibility index (Phi) is 41.1. The number of ether oxygens (including phenoxy) is 2. The van der Waals surface area contributed by atoms with Crippen LogP contribution in [-0.2, 0) is 27.9 Å². The van der Waals surface area contributed by atoms with E-state index in [-0.39, 0.29) is 13.0 Å². The summed E-state index contributed by atoms with van der Waals surface area (Å²) < 4.78 is 34.2. The lowest BCUT2D eigenvalue weighted by atomic mass is 9.85. The van der Waals surface area contributed by atoms with Gasteiger partial charge in [0.05, 0.1) is 13.2 Å². The average molecular weight is 977 g/mol. The zero-order valence-electron chi connectivity index (χ0n) is 41.9. The number of carbonyl (C=O) groups excluding carboxylic acids is 1. The van der Waals surface area contributed by atoms with Gasteiger partial charge in [-0.1, -0.05) is 175 Å². The molecule has 13 heteroatoms. The standard InChI is InChI=1S/C55H93O12P/c1-3-5-7-9-11-13-15-17-19-21-22-23-24-25-26-27-29-31-33-35-37-39-41-43-45-64-46-48(47-65-68(62,63)67-55-53(60)51(58)50(57)52(59)54(55)61)66-49(56)44-42-40-38-36-34-32-30-28-20-18-16-14-12-10-8-6-4-2/h5,7,11,13,17-20,22-23,25-26,29,31,35,37,48,50-55,57-61H,3-4,6,8-10,12,14-16,21,24,27-28,30,32-34,36,38-47H2,1-2H3,(H,62,63)/b7-5-,13-11-,19-17-,20-18-,23-22-,26-25-,31-29-,37-35-. The summed E-state index contributed by atoms with van der Waals surface area (Å²) in [7, 11) is -5.04. The largest absolute Gasteiger partial charge is 0.472 e. The van der Waals surface area contributed by atoms with Crippen molar-refractivity contribution in [1.29, 1.82) is 0 Å². The maximum atomic E-state index is 12.9. The molecule has 1 rings (SSSR count). The smallest absolute Gasteiger partial charge is 0.457 e. The average Bonchev–Trinajstić information content (AvgIpc) is 3.32. The molecule has 6 unspecified atom stereocenters. The molecule has 0 amide bonds. The van der Waals surface area contributed by atoms with E-state index in [1.807, 2.05) is 0 Å². The molecule has 6 N–H and O–H groups in total. The Bertz CT molecular complexity index is 1490. The Labute approximate surface area is 411 Å². The molecule has 6 atom stereocenters. The molecule has 390 valence electrons. The molecular formula is C55H93O12P. The quantitative estimate of drug-likeness (QED) is 0.0147. The van der Waals surface area contributed by atoms with Crippen molar-refractivity contribution < 1.29 is 58.3 Å². The predicted octanol–water partition coefficient (Wildman–Crippen LogP) is 11.9. The first kappa shape index (κ1) is 63.3. The molecule has 1 fully saturated rings. The van der Waals surface area contributed by atoms with Crippen molar-refractivity contribution in [3.63, 3.8) is 0 Å². The van der Waals surface area contributed by atoms with Crippen molar-refractivity contribution >= 4 is 13.8 Å². The molecule has 0 heterocycles. The van der Waals surface area contributed by atoms with Gasteiger partial charge in [0.15, 0.2) is 0 Å². The second-order valence-corrected chi connectivity index (χ2v) is 19.0. The summed E-state index contributed by atoms with van der Waals surface area (Å²) in [6, 6.07) is 0. The fourth-order valence-electron chi connectivity index (χ4n) is 7.33. The van der Waals surface area contributed by atoms with Gasteiger partial charge in [-0.2, -0.15) is 0 Å². The summed E-state index contributed by atoms with van der Waals surface area (Å²) in [5, 5.41) is 50.3. The van der Waals surface area contributed by atoms with Gasteiger partial charge in [0, 0.05) is 13.0 Å². The van der Waals surface area contributed by atoms with Gasteiger partial charge in [0.1, 0.15) is 42.7 Å². The van der Waals surface area contributed by atoms with Crippen LogP contribution in [0, 0.1) is 0 Å². The number of hydrogen-bond acceptors (Lipinski definition) is 11. The van der Waals surface area contributed by atoms with Crippen molar-refractivity contribution in [3.05, 3.63) is 97.2 Å². The maximum absolute atomic E-state index is 12.9. The van der Waals surface area contributed by atoms with Gasteiger partial charge in [-0.3, -0.25) is 13.8 Å². The van der Waals surface area contributed by atoms with Crippen molar-refractivity contribution in [3.8, 4) is 0 Å².